The minimum atomic E-state index is -0.542. The molecule has 0 spiro atoms. The van der Waals surface area contributed by atoms with Crippen LogP contribution in [0.15, 0.2) is 66.7 Å². The third-order valence-corrected chi connectivity index (χ3v) is 6.44. The van der Waals surface area contributed by atoms with E-state index in [0.717, 1.165) is 33.5 Å². The lowest BCUT2D eigenvalue weighted by Crippen LogP contribution is -2.24. The fourth-order valence-electron chi connectivity index (χ4n) is 4.48. The van der Waals surface area contributed by atoms with Gasteiger partial charge < -0.3 is 9.47 Å². The van der Waals surface area contributed by atoms with Crippen molar-refractivity contribution in [2.45, 2.75) is 40.2 Å². The summed E-state index contributed by atoms with van der Waals surface area (Å²) in [5.41, 5.74) is 5.17. The monoisotopic (exact) mass is 488 g/mol. The van der Waals surface area contributed by atoms with Crippen LogP contribution in [0.3, 0.4) is 0 Å². The van der Waals surface area contributed by atoms with Crippen LogP contribution in [0.2, 0.25) is 0 Å². The molecule has 1 aromatic heterocycles. The summed E-state index contributed by atoms with van der Waals surface area (Å²) in [4.78, 5) is 28.7. The highest BCUT2D eigenvalue weighted by Gasteiger charge is 2.56. The summed E-state index contributed by atoms with van der Waals surface area (Å²) >= 11 is 0. The molecular weight excluding hydrogens is 456 g/mol. The van der Waals surface area contributed by atoms with Crippen LogP contribution >= 0.6 is 0 Å². The van der Waals surface area contributed by atoms with Crippen molar-refractivity contribution >= 4 is 22.8 Å². The minimum absolute atomic E-state index is 0.243. The lowest BCUT2D eigenvalue weighted by molar-refractivity contribution is -0.139. The summed E-state index contributed by atoms with van der Waals surface area (Å²) in [6.45, 7) is 6.67. The molecule has 7 nitrogen and oxygen atoms in total. The molecule has 1 saturated carbocycles. The zero-order valence-electron chi connectivity index (χ0n) is 20.9. The molecule has 0 bridgehead atoms. The molecule has 36 heavy (non-hydrogen) atoms. The van der Waals surface area contributed by atoms with E-state index in [2.05, 4.69) is 4.98 Å². The van der Waals surface area contributed by atoms with Crippen molar-refractivity contribution in [2.24, 2.45) is 17.3 Å². The van der Waals surface area contributed by atoms with Crippen molar-refractivity contribution in [3.63, 3.8) is 0 Å². The fourth-order valence-corrected chi connectivity index (χ4v) is 4.48. The number of fused-ring (bicyclic) bond motifs is 1. The zero-order chi connectivity index (χ0) is 25.7. The number of hydrogen-bond donors (Lipinski definition) is 2. The highest BCUT2D eigenvalue weighted by molar-refractivity contribution is 5.85. The number of carbonyl (C=O) groups excluding carboxylic acids is 2. The largest absolute Gasteiger partial charge is 0.489 e. The SMILES string of the molecule is Cc1cc(COc2ccc(C[C@]3(/C=C/C(=O)OCC(C)C)C[C@@H]3C(=O)NO)cc2)c2ccccc2n1. The number of nitrogens with zero attached hydrogens (tertiary/aromatic N) is 1. The number of aryl methyl sites for hydroxylation is 1. The predicted octanol–water partition coefficient (Wildman–Crippen LogP) is 4.93. The number of esters is 1. The number of benzene rings is 2. The van der Waals surface area contributed by atoms with E-state index in [-0.39, 0.29) is 5.92 Å². The van der Waals surface area contributed by atoms with Crippen LogP contribution in [-0.4, -0.2) is 28.7 Å². The highest BCUT2D eigenvalue weighted by Crippen LogP contribution is 2.56. The number of hydroxylamine groups is 1. The van der Waals surface area contributed by atoms with Gasteiger partial charge in [-0.1, -0.05) is 50.3 Å². The van der Waals surface area contributed by atoms with Gasteiger partial charge in [0.2, 0.25) is 5.91 Å². The van der Waals surface area contributed by atoms with Crippen LogP contribution in [0.5, 0.6) is 5.75 Å². The third-order valence-electron chi connectivity index (χ3n) is 6.44. The quantitative estimate of drug-likeness (QED) is 0.182. The normalized spacial score (nSPS) is 19.0. The maximum absolute atomic E-state index is 12.1. The summed E-state index contributed by atoms with van der Waals surface area (Å²) in [5.74, 6) is -0.307. The maximum atomic E-state index is 12.1. The van der Waals surface area contributed by atoms with E-state index >= 15 is 0 Å². The van der Waals surface area contributed by atoms with Crippen molar-refractivity contribution < 1.29 is 24.3 Å². The van der Waals surface area contributed by atoms with E-state index in [9.17, 15) is 9.59 Å². The Hall–Kier alpha value is -3.71. The summed E-state index contributed by atoms with van der Waals surface area (Å²) in [5, 5.41) is 10.2. The van der Waals surface area contributed by atoms with Gasteiger partial charge in [-0.2, -0.15) is 0 Å². The Bertz CT molecular complexity index is 1270. The topological polar surface area (TPSA) is 97.8 Å². The van der Waals surface area contributed by atoms with Crippen LogP contribution in [0.1, 0.15) is 37.1 Å². The van der Waals surface area contributed by atoms with Gasteiger partial charge in [-0.05, 0) is 55.5 Å². The number of nitrogens with one attached hydrogen (secondary N) is 1. The Kier molecular flexibility index (Phi) is 7.70. The molecule has 1 aliphatic carbocycles. The third kappa shape index (κ3) is 6.10. The van der Waals surface area contributed by atoms with E-state index in [1.807, 2.05) is 75.4 Å². The molecule has 188 valence electrons. The molecule has 4 rings (SSSR count). The van der Waals surface area contributed by atoms with E-state index < -0.39 is 23.2 Å². The van der Waals surface area contributed by atoms with Crippen molar-refractivity contribution in [2.75, 3.05) is 6.61 Å². The smallest absolute Gasteiger partial charge is 0.330 e. The van der Waals surface area contributed by atoms with Crippen molar-refractivity contribution in [3.8, 4) is 5.75 Å². The molecular formula is C29H32N2O5. The van der Waals surface area contributed by atoms with Gasteiger partial charge in [-0.15, -0.1) is 0 Å². The fraction of sp³-hybridized carbons (Fsp3) is 0.345. The van der Waals surface area contributed by atoms with Gasteiger partial charge in [0.15, 0.2) is 0 Å². The van der Waals surface area contributed by atoms with E-state index in [1.165, 1.54) is 6.08 Å². The molecule has 1 fully saturated rings. The number of hydrogen-bond acceptors (Lipinski definition) is 6. The van der Waals surface area contributed by atoms with Crippen LogP contribution in [0, 0.1) is 24.2 Å². The van der Waals surface area contributed by atoms with Gasteiger partial charge in [-0.25, -0.2) is 10.3 Å². The molecule has 0 radical (unpaired) electrons. The second kappa shape index (κ2) is 10.9. The van der Waals surface area contributed by atoms with E-state index in [1.54, 1.807) is 11.6 Å². The Balaban J connectivity index is 1.43. The number of aromatic nitrogens is 1. The Labute approximate surface area is 211 Å². The lowest BCUT2D eigenvalue weighted by atomic mass is 9.93. The first-order valence-corrected chi connectivity index (χ1v) is 12.2. The van der Waals surface area contributed by atoms with Crippen LogP contribution in [-0.2, 0) is 27.4 Å². The first-order chi connectivity index (χ1) is 17.3. The molecule has 2 N–H and O–H groups in total. The second-order valence-electron chi connectivity index (χ2n) is 9.87. The number of carbonyl (C=O) groups is 2. The summed E-state index contributed by atoms with van der Waals surface area (Å²) < 4.78 is 11.3. The van der Waals surface area contributed by atoms with Gasteiger partial charge in [0.1, 0.15) is 12.4 Å². The molecule has 1 aliphatic rings. The molecule has 2 aromatic carbocycles. The molecule has 2 atom stereocenters. The molecule has 0 saturated heterocycles. The van der Waals surface area contributed by atoms with Crippen LogP contribution < -0.4 is 10.2 Å². The summed E-state index contributed by atoms with van der Waals surface area (Å²) in [7, 11) is 0. The Morgan fingerprint density at radius 1 is 1.19 bits per heavy atom. The zero-order valence-corrected chi connectivity index (χ0v) is 20.9. The van der Waals surface area contributed by atoms with Gasteiger partial charge in [0.05, 0.1) is 18.0 Å². The van der Waals surface area contributed by atoms with Gasteiger partial charge in [-0.3, -0.25) is 15.0 Å². The second-order valence-corrected chi connectivity index (χ2v) is 9.87. The standard InChI is InChI=1S/C29H32N2O5/c1-19(2)17-36-27(32)12-13-29(16-25(29)28(33)31-34)15-21-8-10-23(11-9-21)35-18-22-14-20(3)30-26-7-5-4-6-24(22)26/h4-14,19,25,34H,15-18H2,1-3H3,(H,31,33)/b13-12+/t25-,29-/m1/s1. The maximum Gasteiger partial charge on any atom is 0.330 e. The number of rotatable bonds is 10. The van der Waals surface area contributed by atoms with Crippen LogP contribution in [0.25, 0.3) is 10.9 Å². The van der Waals surface area contributed by atoms with Crippen LogP contribution in [0.4, 0.5) is 0 Å². The molecule has 7 heteroatoms. The van der Waals surface area contributed by atoms with E-state index in [0.29, 0.717) is 26.1 Å². The van der Waals surface area contributed by atoms with Crippen molar-refractivity contribution in [1.82, 2.24) is 10.5 Å². The number of pyridine rings is 1. The number of allylic oxidation sites excluding steroid dienone is 1. The van der Waals surface area contributed by atoms with Crippen molar-refractivity contribution in [1.29, 1.82) is 0 Å². The highest BCUT2D eigenvalue weighted by atomic mass is 16.5. The first-order valence-electron chi connectivity index (χ1n) is 12.2. The van der Waals surface area contributed by atoms with Crippen molar-refractivity contribution in [3.05, 3.63) is 83.6 Å². The molecule has 1 amide bonds. The number of para-hydroxylation sites is 1. The summed E-state index contributed by atoms with van der Waals surface area (Å²) in [6, 6.07) is 17.8. The van der Waals surface area contributed by atoms with Gasteiger partial charge in [0.25, 0.3) is 0 Å². The summed E-state index contributed by atoms with van der Waals surface area (Å²) in [6.07, 6.45) is 4.23. The lowest BCUT2D eigenvalue weighted by Gasteiger charge is -2.14. The Morgan fingerprint density at radius 2 is 1.94 bits per heavy atom. The Morgan fingerprint density at radius 3 is 2.67 bits per heavy atom. The van der Waals surface area contributed by atoms with E-state index in [4.69, 9.17) is 14.7 Å². The molecule has 0 unspecified atom stereocenters. The number of ether oxygens (including phenoxy) is 2. The number of amides is 1. The van der Waals surface area contributed by atoms with Gasteiger partial charge in [0, 0.05) is 28.1 Å². The minimum Gasteiger partial charge on any atom is -0.489 e. The average molecular weight is 489 g/mol. The predicted molar refractivity (Wildman–Crippen MR) is 136 cm³/mol. The molecule has 3 aromatic rings. The average Bonchev–Trinajstić information content (AvgIpc) is 3.58. The molecule has 0 aliphatic heterocycles. The molecule has 1 heterocycles. The van der Waals surface area contributed by atoms with Gasteiger partial charge >= 0.3 is 5.97 Å². The first kappa shape index (κ1) is 25.4.